The lowest BCUT2D eigenvalue weighted by atomic mass is 9.82. The van der Waals surface area contributed by atoms with E-state index in [-0.39, 0.29) is 43.3 Å². The van der Waals surface area contributed by atoms with Crippen molar-refractivity contribution in [1.29, 1.82) is 0 Å². The van der Waals surface area contributed by atoms with Crippen molar-refractivity contribution in [3.8, 4) is 11.8 Å². The van der Waals surface area contributed by atoms with Gasteiger partial charge in [0.2, 0.25) is 5.69 Å². The van der Waals surface area contributed by atoms with Crippen molar-refractivity contribution in [2.24, 2.45) is 18.9 Å². The monoisotopic (exact) mass is 497 g/mol. The first-order valence-corrected chi connectivity index (χ1v) is 12.6. The van der Waals surface area contributed by atoms with Crippen LogP contribution in [0.4, 0.5) is 14.5 Å². The van der Waals surface area contributed by atoms with Gasteiger partial charge in [-0.25, -0.2) is 18.6 Å². The van der Waals surface area contributed by atoms with Crippen LogP contribution in [-0.4, -0.2) is 32.3 Å². The normalized spacial score (nSPS) is 15.5. The largest absolute Gasteiger partial charge is 0.481 e. The maximum Gasteiger partial charge on any atom is 0.303 e. The van der Waals surface area contributed by atoms with E-state index in [0.717, 1.165) is 44.2 Å². The van der Waals surface area contributed by atoms with E-state index in [4.69, 9.17) is 11.7 Å². The van der Waals surface area contributed by atoms with E-state index in [9.17, 15) is 18.4 Å². The van der Waals surface area contributed by atoms with Crippen molar-refractivity contribution < 1.29 is 23.5 Å². The highest BCUT2D eigenvalue weighted by Crippen LogP contribution is 2.41. The number of carbonyl (C=O) groups is 2. The van der Waals surface area contributed by atoms with Gasteiger partial charge in [0.15, 0.2) is 5.78 Å². The maximum atomic E-state index is 13.3. The lowest BCUT2D eigenvalue weighted by Gasteiger charge is -2.31. The van der Waals surface area contributed by atoms with Crippen LogP contribution in [0.2, 0.25) is 0 Å². The van der Waals surface area contributed by atoms with Gasteiger partial charge in [0.05, 0.1) is 6.57 Å². The molecule has 1 atom stereocenters. The summed E-state index contributed by atoms with van der Waals surface area (Å²) in [7, 11) is 1.87. The fraction of sp³-hybridized carbons (Fsp3) is 0.571. The van der Waals surface area contributed by atoms with Crippen LogP contribution in [0.15, 0.2) is 12.3 Å². The molecule has 1 aliphatic carbocycles. The van der Waals surface area contributed by atoms with E-state index < -0.39 is 11.9 Å². The fourth-order valence-electron chi connectivity index (χ4n) is 4.82. The number of aliphatic carboxylic acids is 1. The van der Waals surface area contributed by atoms with Crippen molar-refractivity contribution in [1.82, 2.24) is 9.55 Å². The highest BCUT2D eigenvalue weighted by molar-refractivity contribution is 6.09. The van der Waals surface area contributed by atoms with Gasteiger partial charge in [-0.2, -0.15) is 0 Å². The molecule has 0 amide bonds. The summed E-state index contributed by atoms with van der Waals surface area (Å²) in [5.41, 5.74) is 2.44. The van der Waals surface area contributed by atoms with E-state index >= 15 is 0 Å². The third-order valence-electron chi connectivity index (χ3n) is 6.71. The third-order valence-corrected chi connectivity index (χ3v) is 6.71. The second-order valence-corrected chi connectivity index (χ2v) is 9.94. The van der Waals surface area contributed by atoms with E-state index in [1.165, 1.54) is 6.20 Å². The average molecular weight is 498 g/mol. The molecular weight excluding hydrogens is 464 g/mol. The van der Waals surface area contributed by atoms with Crippen molar-refractivity contribution in [3.63, 3.8) is 0 Å². The molecule has 0 aliphatic heterocycles. The summed E-state index contributed by atoms with van der Waals surface area (Å²) < 4.78 is 27.6. The summed E-state index contributed by atoms with van der Waals surface area (Å²) in [5.74, 6) is 1.98. The number of Topliss-reactive ketones (excluding diaryl/α,β-unsaturated/α-hetero) is 1. The van der Waals surface area contributed by atoms with Gasteiger partial charge in [-0.1, -0.05) is 32.1 Å². The Labute approximate surface area is 210 Å². The minimum atomic E-state index is -2.51. The minimum absolute atomic E-state index is 0.0745. The topological polar surface area (TPSA) is 76.6 Å². The zero-order valence-electron chi connectivity index (χ0n) is 20.9. The molecule has 2 aromatic rings. The second-order valence-electron chi connectivity index (χ2n) is 9.94. The molecule has 0 unspecified atom stereocenters. The molecule has 1 N–H and O–H groups in total. The highest BCUT2D eigenvalue weighted by Gasteiger charge is 2.44. The molecule has 0 saturated heterocycles. The van der Waals surface area contributed by atoms with Crippen LogP contribution in [0.25, 0.3) is 15.9 Å². The molecule has 3 rings (SSSR count). The molecule has 192 valence electrons. The van der Waals surface area contributed by atoms with E-state index in [1.54, 1.807) is 13.0 Å². The number of hydrogen-bond donors (Lipinski definition) is 1. The van der Waals surface area contributed by atoms with Crippen LogP contribution in [0, 0.1) is 30.2 Å². The van der Waals surface area contributed by atoms with E-state index in [0.29, 0.717) is 28.7 Å². The van der Waals surface area contributed by atoms with Crippen molar-refractivity contribution in [2.75, 3.05) is 0 Å². The summed E-state index contributed by atoms with van der Waals surface area (Å²) in [6, 6.07) is 1.69. The number of pyridine rings is 1. The molecule has 0 spiro atoms. The van der Waals surface area contributed by atoms with Crippen LogP contribution in [-0.2, 0) is 18.3 Å². The second kappa shape index (κ2) is 12.1. The lowest BCUT2D eigenvalue weighted by Crippen LogP contribution is -2.34. The number of carboxylic acids is 1. The summed E-state index contributed by atoms with van der Waals surface area (Å²) in [5, 5.41) is 9.71. The lowest BCUT2D eigenvalue weighted by molar-refractivity contribution is -0.137. The Morgan fingerprint density at radius 3 is 2.61 bits per heavy atom. The van der Waals surface area contributed by atoms with Gasteiger partial charge in [-0.15, -0.1) is 5.92 Å². The zero-order chi connectivity index (χ0) is 26.3. The summed E-state index contributed by atoms with van der Waals surface area (Å²) in [4.78, 5) is 32.2. The van der Waals surface area contributed by atoms with E-state index in [1.807, 2.05) is 11.6 Å². The number of halogens is 2. The first-order valence-electron chi connectivity index (χ1n) is 12.6. The Hall–Kier alpha value is -3.26. The highest BCUT2D eigenvalue weighted by atomic mass is 19.3. The Kier molecular flexibility index (Phi) is 9.20. The number of rotatable bonds is 12. The molecule has 0 bridgehead atoms. The molecule has 0 aromatic carbocycles. The van der Waals surface area contributed by atoms with Gasteiger partial charge in [0.25, 0.3) is 5.92 Å². The summed E-state index contributed by atoms with van der Waals surface area (Å²) in [6.07, 6.45) is 7.59. The predicted octanol–water partition coefficient (Wildman–Crippen LogP) is 6.74. The Balaban J connectivity index is 1.57. The quantitative estimate of drug-likeness (QED) is 0.152. The number of carbonyl (C=O) groups excluding carboxylic acids is 1. The number of unbranched alkanes of at least 4 members (excludes halogenated alkanes) is 5. The van der Waals surface area contributed by atoms with Crippen molar-refractivity contribution in [2.45, 2.75) is 83.5 Å². The molecule has 2 aromatic heterocycles. The van der Waals surface area contributed by atoms with Crippen LogP contribution < -0.4 is 0 Å². The Morgan fingerprint density at radius 2 is 1.94 bits per heavy atom. The molecule has 0 radical (unpaired) electrons. The molecule has 2 heterocycles. The number of alkyl halides is 2. The number of aromatic nitrogens is 2. The number of fused-ring (bicyclic) bond motifs is 1. The summed E-state index contributed by atoms with van der Waals surface area (Å²) in [6.45, 7) is 9.06. The van der Waals surface area contributed by atoms with Gasteiger partial charge < -0.3 is 9.67 Å². The van der Waals surface area contributed by atoms with Crippen LogP contribution >= 0.6 is 0 Å². The minimum Gasteiger partial charge on any atom is -0.481 e. The Bertz CT molecular complexity index is 1210. The maximum absolute atomic E-state index is 13.3. The molecule has 36 heavy (non-hydrogen) atoms. The third kappa shape index (κ3) is 7.13. The van der Waals surface area contributed by atoms with Crippen LogP contribution in [0.5, 0.6) is 0 Å². The van der Waals surface area contributed by atoms with Gasteiger partial charge >= 0.3 is 5.97 Å². The standard InChI is InChI=1S/C28H33F2N3O3/c1-19(14-25(35)36)13-24(34)26-22-15-21(31-2)18-32-27(22)33(3)23(26)12-10-8-6-4-5-7-9-11-20-16-28(29,30)17-20/h15,18-20H,4-8,10,12-14,16-17H2,1,3H3,(H,35,36)/t19-/m1/s1. The Morgan fingerprint density at radius 1 is 1.25 bits per heavy atom. The van der Waals surface area contributed by atoms with Crippen molar-refractivity contribution in [3.05, 3.63) is 34.9 Å². The number of aryl methyl sites for hydroxylation is 1. The number of ketones is 1. The number of nitrogens with zero attached hydrogens (tertiary/aromatic N) is 3. The van der Waals surface area contributed by atoms with Gasteiger partial charge in [-0.3, -0.25) is 9.59 Å². The first-order chi connectivity index (χ1) is 17.1. The smallest absolute Gasteiger partial charge is 0.303 e. The molecule has 1 aliphatic rings. The number of hydrogen-bond acceptors (Lipinski definition) is 3. The molecular formula is C28H33F2N3O3. The van der Waals surface area contributed by atoms with Gasteiger partial charge in [0, 0.05) is 67.9 Å². The predicted molar refractivity (Wildman–Crippen MR) is 134 cm³/mol. The molecule has 6 nitrogen and oxygen atoms in total. The number of carboxylic acid groups (broad SMARTS) is 1. The SMILES string of the molecule is [C-]#[N+]c1cnc2c(c1)c(C(=O)C[C@@H](C)CC(=O)O)c(CCCCCCCC#CC1CC(F)(F)C1)n2C. The van der Waals surface area contributed by atoms with Crippen LogP contribution in [0.1, 0.15) is 87.2 Å². The molecule has 1 fully saturated rings. The first kappa shape index (κ1) is 27.3. The average Bonchev–Trinajstić information content (AvgIpc) is 3.06. The van der Waals surface area contributed by atoms with Gasteiger partial charge in [0.1, 0.15) is 5.65 Å². The molecule has 8 heteroatoms. The van der Waals surface area contributed by atoms with Crippen LogP contribution in [0.3, 0.4) is 0 Å². The fourth-order valence-corrected chi connectivity index (χ4v) is 4.82. The van der Waals surface area contributed by atoms with Gasteiger partial charge in [-0.05, 0) is 31.2 Å². The van der Waals surface area contributed by atoms with Crippen molar-refractivity contribution >= 4 is 28.5 Å². The summed E-state index contributed by atoms with van der Waals surface area (Å²) >= 11 is 0. The molecule has 1 saturated carbocycles. The van der Waals surface area contributed by atoms with E-state index in [2.05, 4.69) is 21.7 Å². The zero-order valence-corrected chi connectivity index (χ0v) is 20.9.